The zero-order valence-corrected chi connectivity index (χ0v) is 9.33. The van der Waals surface area contributed by atoms with Crippen LogP contribution >= 0.6 is 0 Å². The van der Waals surface area contributed by atoms with Crippen molar-refractivity contribution in [1.82, 2.24) is 0 Å². The highest BCUT2D eigenvalue weighted by Crippen LogP contribution is 2.24. The molecule has 17 heavy (non-hydrogen) atoms. The fourth-order valence-corrected chi connectivity index (χ4v) is 2.10. The summed E-state index contributed by atoms with van der Waals surface area (Å²) in [6.45, 7) is 0. The van der Waals surface area contributed by atoms with Gasteiger partial charge in [0.1, 0.15) is 0 Å². The number of isocyanates is 3. The van der Waals surface area contributed by atoms with Gasteiger partial charge in [0.15, 0.2) is 0 Å². The molecule has 1 rings (SSSR count). The Balaban J connectivity index is 2.87. The first-order valence-electron chi connectivity index (χ1n) is 5.52. The van der Waals surface area contributed by atoms with Gasteiger partial charge < -0.3 is 0 Å². The highest BCUT2D eigenvalue weighted by Gasteiger charge is 2.26. The molecule has 1 saturated carbocycles. The second-order valence-corrected chi connectivity index (χ2v) is 3.97. The number of hydrogen-bond donors (Lipinski definition) is 0. The Morgan fingerprint density at radius 3 is 2.00 bits per heavy atom. The Kier molecular flexibility index (Phi) is 5.76. The molecule has 0 N–H and O–H groups in total. The lowest BCUT2D eigenvalue weighted by Gasteiger charge is -2.23. The van der Waals surface area contributed by atoms with E-state index in [1.54, 1.807) is 0 Å². The molecule has 0 aliphatic heterocycles. The van der Waals surface area contributed by atoms with Gasteiger partial charge in [0, 0.05) is 0 Å². The zero-order valence-electron chi connectivity index (χ0n) is 9.33. The number of rotatable bonds is 3. The van der Waals surface area contributed by atoms with Gasteiger partial charge in [0.25, 0.3) is 0 Å². The van der Waals surface area contributed by atoms with E-state index in [-0.39, 0.29) is 12.1 Å². The minimum absolute atomic E-state index is 0.209. The lowest BCUT2D eigenvalue weighted by molar-refractivity contribution is 0.373. The summed E-state index contributed by atoms with van der Waals surface area (Å²) in [5, 5.41) is 0. The fraction of sp³-hybridized carbons (Fsp3) is 0.727. The molecule has 0 aromatic heterocycles. The Morgan fingerprint density at radius 1 is 0.765 bits per heavy atom. The van der Waals surface area contributed by atoms with Gasteiger partial charge in [-0.25, -0.2) is 29.4 Å². The lowest BCUT2D eigenvalue weighted by Crippen LogP contribution is -2.29. The van der Waals surface area contributed by atoms with Gasteiger partial charge in [-0.05, 0) is 19.3 Å². The number of aliphatic imine (C=N–C) groups is 3. The molecule has 0 aromatic rings. The van der Waals surface area contributed by atoms with Crippen molar-refractivity contribution < 1.29 is 14.4 Å². The van der Waals surface area contributed by atoms with Gasteiger partial charge in [-0.3, -0.25) is 0 Å². The smallest absolute Gasteiger partial charge is 0.211 e. The molecule has 1 fully saturated rings. The van der Waals surface area contributed by atoms with E-state index in [1.807, 2.05) is 0 Å². The third-order valence-corrected chi connectivity index (χ3v) is 2.92. The van der Waals surface area contributed by atoms with E-state index in [1.165, 1.54) is 18.2 Å². The third-order valence-electron chi connectivity index (χ3n) is 2.92. The molecule has 1 aliphatic carbocycles. The van der Waals surface area contributed by atoms with Crippen LogP contribution in [0.25, 0.3) is 0 Å². The van der Waals surface area contributed by atoms with Crippen LogP contribution in [0.3, 0.4) is 0 Å². The van der Waals surface area contributed by atoms with Gasteiger partial charge in [-0.2, -0.15) is 0 Å². The highest BCUT2D eigenvalue weighted by atomic mass is 16.1. The van der Waals surface area contributed by atoms with Crippen molar-refractivity contribution in [3.63, 3.8) is 0 Å². The van der Waals surface area contributed by atoms with Crippen LogP contribution in [0.15, 0.2) is 15.0 Å². The second kappa shape index (κ2) is 7.42. The number of nitrogens with zero attached hydrogens (tertiary/aromatic N) is 3. The molecular weight excluding hydrogens is 222 g/mol. The Bertz CT molecular complexity index is 391. The van der Waals surface area contributed by atoms with Gasteiger partial charge in [-0.15, -0.1) is 0 Å². The maximum atomic E-state index is 10.3. The van der Waals surface area contributed by atoms with Gasteiger partial charge in [0.2, 0.25) is 18.2 Å². The molecule has 3 atom stereocenters. The fourth-order valence-electron chi connectivity index (χ4n) is 2.10. The Hall–Kier alpha value is -1.86. The molecule has 3 unspecified atom stereocenters. The largest absolute Gasteiger partial charge is 0.235 e. The van der Waals surface area contributed by atoms with Crippen LogP contribution in [0.2, 0.25) is 0 Å². The maximum absolute atomic E-state index is 10.3. The molecule has 0 radical (unpaired) electrons. The number of carbonyl (C=O) groups excluding carboxylic acids is 3. The van der Waals surface area contributed by atoms with Crippen molar-refractivity contribution in [3.05, 3.63) is 0 Å². The Labute approximate surface area is 98.6 Å². The second-order valence-electron chi connectivity index (χ2n) is 3.97. The monoisotopic (exact) mass is 235 g/mol. The minimum Gasteiger partial charge on any atom is -0.211 e. The summed E-state index contributed by atoms with van der Waals surface area (Å²) in [4.78, 5) is 41.9. The van der Waals surface area contributed by atoms with Crippen molar-refractivity contribution in [1.29, 1.82) is 0 Å². The standard InChI is InChI=1S/C11H13N3O3/c15-6-12-9-3-1-2-4-10(13-7-16)11(5-9)14-8-17/h9-11H,1-5H2. The molecule has 6 heteroatoms. The van der Waals surface area contributed by atoms with E-state index < -0.39 is 6.04 Å². The van der Waals surface area contributed by atoms with Crippen LogP contribution in [-0.4, -0.2) is 36.4 Å². The summed E-state index contributed by atoms with van der Waals surface area (Å²) in [6.07, 6.45) is 8.12. The van der Waals surface area contributed by atoms with Crippen molar-refractivity contribution in [3.8, 4) is 0 Å². The zero-order chi connectivity index (χ0) is 12.5. The maximum Gasteiger partial charge on any atom is 0.235 e. The molecule has 1 aliphatic rings. The average Bonchev–Trinajstić information content (AvgIpc) is 2.30. The van der Waals surface area contributed by atoms with Crippen molar-refractivity contribution in [2.75, 3.05) is 0 Å². The summed E-state index contributed by atoms with van der Waals surface area (Å²) in [7, 11) is 0. The van der Waals surface area contributed by atoms with Crippen LogP contribution < -0.4 is 0 Å². The molecular formula is C11H13N3O3. The molecule has 0 bridgehead atoms. The summed E-state index contributed by atoms with van der Waals surface area (Å²) < 4.78 is 0. The van der Waals surface area contributed by atoms with Crippen molar-refractivity contribution in [2.45, 2.75) is 50.2 Å². The quantitative estimate of drug-likeness (QED) is 0.541. The SMILES string of the molecule is O=C=NC1CCCCC(N=C=O)C(N=C=O)C1. The van der Waals surface area contributed by atoms with E-state index >= 15 is 0 Å². The van der Waals surface area contributed by atoms with E-state index in [2.05, 4.69) is 15.0 Å². The van der Waals surface area contributed by atoms with E-state index in [9.17, 15) is 14.4 Å². The molecule has 0 amide bonds. The summed E-state index contributed by atoms with van der Waals surface area (Å²) >= 11 is 0. The van der Waals surface area contributed by atoms with Gasteiger partial charge in [0.05, 0.1) is 18.1 Å². The minimum atomic E-state index is -0.448. The Morgan fingerprint density at radius 2 is 1.35 bits per heavy atom. The molecule has 0 aromatic carbocycles. The first-order chi connectivity index (χ1) is 8.31. The van der Waals surface area contributed by atoms with Crippen LogP contribution in [-0.2, 0) is 14.4 Å². The van der Waals surface area contributed by atoms with E-state index in [0.717, 1.165) is 19.3 Å². The first kappa shape index (κ1) is 13.2. The molecule has 0 spiro atoms. The summed E-state index contributed by atoms with van der Waals surface area (Å²) in [5.41, 5.74) is 0. The van der Waals surface area contributed by atoms with E-state index in [4.69, 9.17) is 0 Å². The predicted octanol–water partition coefficient (Wildman–Crippen LogP) is 1.06. The van der Waals surface area contributed by atoms with Crippen molar-refractivity contribution >= 4 is 18.2 Å². The first-order valence-corrected chi connectivity index (χ1v) is 5.52. The number of hydrogen-bond acceptors (Lipinski definition) is 6. The summed E-state index contributed by atoms with van der Waals surface area (Å²) in [5.74, 6) is 0. The van der Waals surface area contributed by atoms with Crippen LogP contribution in [0.5, 0.6) is 0 Å². The third kappa shape index (κ3) is 4.25. The lowest BCUT2D eigenvalue weighted by atomic mass is 9.90. The highest BCUT2D eigenvalue weighted by molar-refractivity contribution is 5.36. The summed E-state index contributed by atoms with van der Waals surface area (Å²) in [6, 6.07) is -1.02. The van der Waals surface area contributed by atoms with Crippen LogP contribution in [0.1, 0.15) is 32.1 Å². The molecule has 6 nitrogen and oxygen atoms in total. The van der Waals surface area contributed by atoms with Crippen LogP contribution in [0, 0.1) is 0 Å². The normalized spacial score (nSPS) is 28.6. The van der Waals surface area contributed by atoms with E-state index in [0.29, 0.717) is 12.8 Å². The van der Waals surface area contributed by atoms with Crippen molar-refractivity contribution in [2.24, 2.45) is 15.0 Å². The molecule has 90 valence electrons. The van der Waals surface area contributed by atoms with Gasteiger partial charge in [-0.1, -0.05) is 12.8 Å². The topological polar surface area (TPSA) is 88.3 Å². The van der Waals surface area contributed by atoms with Gasteiger partial charge >= 0.3 is 0 Å². The predicted molar refractivity (Wildman–Crippen MR) is 58.8 cm³/mol. The average molecular weight is 235 g/mol. The van der Waals surface area contributed by atoms with Crippen LogP contribution in [0.4, 0.5) is 0 Å². The molecule has 0 heterocycles. The molecule has 0 saturated heterocycles.